The summed E-state index contributed by atoms with van der Waals surface area (Å²) in [6, 6.07) is 4.33. The van der Waals surface area contributed by atoms with Crippen LogP contribution < -0.4 is 0 Å². The SMILES string of the molecule is Oc1ccc(-c2nc3cnncc3[nH]2)c(O)c1. The molecule has 0 radical (unpaired) electrons. The molecule has 0 fully saturated rings. The third-order valence-corrected chi connectivity index (χ3v) is 2.43. The number of benzene rings is 1. The van der Waals surface area contributed by atoms with E-state index in [0.29, 0.717) is 16.9 Å². The van der Waals surface area contributed by atoms with E-state index in [1.165, 1.54) is 18.3 Å². The Hall–Kier alpha value is -2.63. The summed E-state index contributed by atoms with van der Waals surface area (Å²) >= 11 is 0. The van der Waals surface area contributed by atoms with Gasteiger partial charge in [-0.05, 0) is 12.1 Å². The van der Waals surface area contributed by atoms with E-state index in [1.807, 2.05) is 0 Å². The van der Waals surface area contributed by atoms with Crippen LogP contribution in [0.25, 0.3) is 22.4 Å². The van der Waals surface area contributed by atoms with Gasteiger partial charge in [0.15, 0.2) is 0 Å². The first-order valence-corrected chi connectivity index (χ1v) is 4.93. The third-order valence-electron chi connectivity index (χ3n) is 2.43. The molecule has 0 aliphatic carbocycles. The van der Waals surface area contributed by atoms with Crippen LogP contribution in [0.5, 0.6) is 11.5 Å². The molecule has 6 nitrogen and oxygen atoms in total. The van der Waals surface area contributed by atoms with Gasteiger partial charge in [0, 0.05) is 6.07 Å². The number of fused-ring (bicyclic) bond motifs is 1. The van der Waals surface area contributed by atoms with Gasteiger partial charge in [-0.15, -0.1) is 0 Å². The summed E-state index contributed by atoms with van der Waals surface area (Å²) in [5.74, 6) is 0.475. The van der Waals surface area contributed by atoms with Crippen LogP contribution in [-0.4, -0.2) is 30.4 Å². The number of aromatic nitrogens is 4. The first-order chi connectivity index (χ1) is 8.24. The molecule has 1 aromatic carbocycles. The predicted octanol–water partition coefficient (Wildman–Crippen LogP) is 1.43. The van der Waals surface area contributed by atoms with Crippen molar-refractivity contribution in [3.8, 4) is 22.9 Å². The highest BCUT2D eigenvalue weighted by Gasteiger charge is 2.10. The van der Waals surface area contributed by atoms with Gasteiger partial charge in [0.05, 0.1) is 23.5 Å². The molecule has 6 heteroatoms. The average Bonchev–Trinajstić information content (AvgIpc) is 2.72. The molecule has 0 aliphatic heterocycles. The van der Waals surface area contributed by atoms with Crippen molar-refractivity contribution in [1.29, 1.82) is 0 Å². The molecule has 2 heterocycles. The van der Waals surface area contributed by atoms with Crippen molar-refractivity contribution in [2.24, 2.45) is 0 Å². The summed E-state index contributed by atoms with van der Waals surface area (Å²) in [5, 5.41) is 26.4. The standard InChI is InChI=1S/C11H8N4O2/c16-6-1-2-7(10(17)3-6)11-14-8-4-12-13-5-9(8)15-11/h1-5,16-17H,(H,14,15). The number of phenolic OH excluding ortho intramolecular Hbond substituents is 2. The number of phenols is 2. The first-order valence-electron chi connectivity index (χ1n) is 4.93. The molecule has 2 aromatic heterocycles. The Morgan fingerprint density at radius 1 is 1.06 bits per heavy atom. The Morgan fingerprint density at radius 3 is 2.65 bits per heavy atom. The highest BCUT2D eigenvalue weighted by atomic mass is 16.3. The minimum atomic E-state index is -0.0371. The molecule has 0 spiro atoms. The maximum absolute atomic E-state index is 9.72. The predicted molar refractivity (Wildman–Crippen MR) is 60.4 cm³/mol. The third kappa shape index (κ3) is 1.55. The number of nitrogens with zero attached hydrogens (tertiary/aromatic N) is 3. The number of nitrogens with one attached hydrogen (secondary N) is 1. The smallest absolute Gasteiger partial charge is 0.142 e. The van der Waals surface area contributed by atoms with E-state index < -0.39 is 0 Å². The van der Waals surface area contributed by atoms with Crippen molar-refractivity contribution in [2.45, 2.75) is 0 Å². The van der Waals surface area contributed by atoms with E-state index in [1.54, 1.807) is 12.3 Å². The van der Waals surface area contributed by atoms with E-state index in [2.05, 4.69) is 20.2 Å². The van der Waals surface area contributed by atoms with Gasteiger partial charge in [-0.3, -0.25) is 0 Å². The van der Waals surface area contributed by atoms with E-state index in [-0.39, 0.29) is 11.5 Å². The molecule has 0 aliphatic rings. The molecular formula is C11H8N4O2. The normalized spacial score (nSPS) is 10.8. The molecule has 0 amide bonds. The van der Waals surface area contributed by atoms with Gasteiger partial charge >= 0.3 is 0 Å². The van der Waals surface area contributed by atoms with Gasteiger partial charge in [0.2, 0.25) is 0 Å². The fraction of sp³-hybridized carbons (Fsp3) is 0. The molecule has 84 valence electrons. The number of hydrogen-bond donors (Lipinski definition) is 3. The zero-order valence-electron chi connectivity index (χ0n) is 8.62. The Bertz CT molecular complexity index is 660. The van der Waals surface area contributed by atoms with E-state index in [9.17, 15) is 10.2 Å². The Balaban J connectivity index is 2.20. The summed E-state index contributed by atoms with van der Waals surface area (Å²) in [7, 11) is 0. The van der Waals surface area contributed by atoms with Crippen LogP contribution in [0.4, 0.5) is 0 Å². The van der Waals surface area contributed by atoms with Crippen LogP contribution in [-0.2, 0) is 0 Å². The second-order valence-corrected chi connectivity index (χ2v) is 3.57. The number of aromatic amines is 1. The summed E-state index contributed by atoms with van der Waals surface area (Å²) in [6.45, 7) is 0. The molecule has 0 unspecified atom stereocenters. The number of aromatic hydroxyl groups is 2. The van der Waals surface area contributed by atoms with Gasteiger partial charge in [-0.2, -0.15) is 10.2 Å². The van der Waals surface area contributed by atoms with Gasteiger partial charge < -0.3 is 15.2 Å². The second-order valence-electron chi connectivity index (χ2n) is 3.57. The zero-order valence-corrected chi connectivity index (χ0v) is 8.62. The maximum Gasteiger partial charge on any atom is 0.142 e. The summed E-state index contributed by atoms with van der Waals surface area (Å²) < 4.78 is 0. The Labute approximate surface area is 95.6 Å². The topological polar surface area (TPSA) is 94.9 Å². The summed E-state index contributed by atoms with van der Waals surface area (Å²) in [5.41, 5.74) is 1.92. The quantitative estimate of drug-likeness (QED) is 0.585. The second kappa shape index (κ2) is 3.44. The van der Waals surface area contributed by atoms with Crippen molar-refractivity contribution < 1.29 is 10.2 Å². The van der Waals surface area contributed by atoms with Crippen molar-refractivity contribution in [3.05, 3.63) is 30.6 Å². The lowest BCUT2D eigenvalue weighted by molar-refractivity contribution is 0.451. The Kier molecular flexibility index (Phi) is 1.94. The average molecular weight is 228 g/mol. The lowest BCUT2D eigenvalue weighted by atomic mass is 10.2. The molecule has 17 heavy (non-hydrogen) atoms. The van der Waals surface area contributed by atoms with Gasteiger partial charge in [-0.25, -0.2) is 4.98 Å². The minimum Gasteiger partial charge on any atom is -0.508 e. The van der Waals surface area contributed by atoms with Crippen LogP contribution >= 0.6 is 0 Å². The van der Waals surface area contributed by atoms with Crippen LogP contribution in [0, 0.1) is 0 Å². The number of rotatable bonds is 1. The zero-order chi connectivity index (χ0) is 11.8. The Morgan fingerprint density at radius 2 is 1.88 bits per heavy atom. The van der Waals surface area contributed by atoms with Crippen LogP contribution in [0.15, 0.2) is 30.6 Å². The molecule has 0 saturated carbocycles. The minimum absolute atomic E-state index is 0.00527. The largest absolute Gasteiger partial charge is 0.508 e. The van der Waals surface area contributed by atoms with Gasteiger partial charge in [0.1, 0.15) is 22.8 Å². The number of imidazole rings is 1. The lowest BCUT2D eigenvalue weighted by Crippen LogP contribution is -1.81. The fourth-order valence-electron chi connectivity index (χ4n) is 1.62. The highest BCUT2D eigenvalue weighted by molar-refractivity contribution is 5.79. The summed E-state index contributed by atoms with van der Waals surface area (Å²) in [6.07, 6.45) is 3.09. The molecule has 3 aromatic rings. The molecule has 3 rings (SSSR count). The van der Waals surface area contributed by atoms with E-state index in [0.717, 1.165) is 5.52 Å². The van der Waals surface area contributed by atoms with Crippen molar-refractivity contribution in [2.75, 3.05) is 0 Å². The van der Waals surface area contributed by atoms with E-state index >= 15 is 0 Å². The highest BCUT2D eigenvalue weighted by Crippen LogP contribution is 2.30. The molecule has 0 saturated heterocycles. The molecule has 0 bridgehead atoms. The first kappa shape index (κ1) is 9.59. The molecule has 3 N–H and O–H groups in total. The van der Waals surface area contributed by atoms with Crippen LogP contribution in [0.2, 0.25) is 0 Å². The number of H-pyrrole nitrogens is 1. The maximum atomic E-state index is 9.72. The van der Waals surface area contributed by atoms with Crippen molar-refractivity contribution in [3.63, 3.8) is 0 Å². The fourth-order valence-corrected chi connectivity index (χ4v) is 1.62. The van der Waals surface area contributed by atoms with Crippen molar-refractivity contribution >= 4 is 11.0 Å². The molecule has 0 atom stereocenters. The number of hydrogen-bond acceptors (Lipinski definition) is 5. The molecular weight excluding hydrogens is 220 g/mol. The van der Waals surface area contributed by atoms with Gasteiger partial charge in [-0.1, -0.05) is 0 Å². The lowest BCUT2D eigenvalue weighted by Gasteiger charge is -2.00. The summed E-state index contributed by atoms with van der Waals surface area (Å²) in [4.78, 5) is 7.29. The van der Waals surface area contributed by atoms with E-state index in [4.69, 9.17) is 0 Å². The van der Waals surface area contributed by atoms with Crippen molar-refractivity contribution in [1.82, 2.24) is 20.2 Å². The van der Waals surface area contributed by atoms with Gasteiger partial charge in [0.25, 0.3) is 0 Å². The monoisotopic (exact) mass is 228 g/mol. The van der Waals surface area contributed by atoms with Crippen LogP contribution in [0.3, 0.4) is 0 Å². The van der Waals surface area contributed by atoms with Crippen LogP contribution in [0.1, 0.15) is 0 Å².